The van der Waals surface area contributed by atoms with Crippen molar-refractivity contribution in [2.24, 2.45) is 0 Å². The molecule has 2 aromatic carbocycles. The summed E-state index contributed by atoms with van der Waals surface area (Å²) in [6.45, 7) is 2.13. The van der Waals surface area contributed by atoms with Gasteiger partial charge in [-0.15, -0.1) is 0 Å². The topological polar surface area (TPSA) is 41.2 Å². The van der Waals surface area contributed by atoms with Crippen molar-refractivity contribution in [1.29, 1.82) is 0 Å². The molecule has 126 valence electrons. The summed E-state index contributed by atoms with van der Waals surface area (Å²) in [6.07, 6.45) is 4.16. The van der Waals surface area contributed by atoms with E-state index in [9.17, 15) is 0 Å². The van der Waals surface area contributed by atoms with Gasteiger partial charge in [-0.25, -0.2) is 4.98 Å². The van der Waals surface area contributed by atoms with Crippen LogP contribution >= 0.6 is 15.9 Å². The number of para-hydroxylation sites is 1. The van der Waals surface area contributed by atoms with Crippen molar-refractivity contribution in [1.82, 2.24) is 14.9 Å². The zero-order chi connectivity index (χ0) is 17.1. The Morgan fingerprint density at radius 2 is 1.88 bits per heavy atom. The van der Waals surface area contributed by atoms with E-state index in [0.717, 1.165) is 40.5 Å². The molecule has 4 rings (SSSR count). The van der Waals surface area contributed by atoms with E-state index in [1.807, 2.05) is 30.3 Å². The first-order valence-corrected chi connectivity index (χ1v) is 8.98. The SMILES string of the molecule is Brc1ccc(CN2C=Cc3nc(COc4ccccc4)[nH]c3C2)cc1. The summed E-state index contributed by atoms with van der Waals surface area (Å²) in [6, 6.07) is 18.2. The van der Waals surface area contributed by atoms with Gasteiger partial charge in [0.1, 0.15) is 18.2 Å². The third-order valence-corrected chi connectivity index (χ3v) is 4.61. The van der Waals surface area contributed by atoms with E-state index in [1.54, 1.807) is 0 Å². The number of nitrogens with zero attached hydrogens (tertiary/aromatic N) is 2. The number of hydrogen-bond donors (Lipinski definition) is 1. The molecule has 0 unspecified atom stereocenters. The predicted octanol–water partition coefficient (Wildman–Crippen LogP) is 4.74. The van der Waals surface area contributed by atoms with E-state index in [2.05, 4.69) is 67.3 Å². The fraction of sp³-hybridized carbons (Fsp3) is 0.150. The van der Waals surface area contributed by atoms with Crippen LogP contribution in [0.3, 0.4) is 0 Å². The van der Waals surface area contributed by atoms with Crippen molar-refractivity contribution in [2.45, 2.75) is 19.7 Å². The van der Waals surface area contributed by atoms with Crippen LogP contribution in [0.15, 0.2) is 65.3 Å². The predicted molar refractivity (Wildman–Crippen MR) is 102 cm³/mol. The highest BCUT2D eigenvalue weighted by atomic mass is 79.9. The van der Waals surface area contributed by atoms with Gasteiger partial charge in [0.15, 0.2) is 0 Å². The number of aromatic nitrogens is 2. The van der Waals surface area contributed by atoms with Crippen LogP contribution in [0.4, 0.5) is 0 Å². The van der Waals surface area contributed by atoms with Crippen molar-refractivity contribution >= 4 is 22.0 Å². The fourth-order valence-corrected chi connectivity index (χ4v) is 3.10. The van der Waals surface area contributed by atoms with Gasteiger partial charge >= 0.3 is 0 Å². The third kappa shape index (κ3) is 3.94. The Hall–Kier alpha value is -2.53. The molecule has 1 N–H and O–H groups in total. The van der Waals surface area contributed by atoms with Crippen molar-refractivity contribution in [3.8, 4) is 5.75 Å². The van der Waals surface area contributed by atoms with Gasteiger partial charge in [0, 0.05) is 17.2 Å². The second kappa shape index (κ2) is 7.15. The van der Waals surface area contributed by atoms with Crippen molar-refractivity contribution in [3.05, 3.63) is 88.0 Å². The lowest BCUT2D eigenvalue weighted by Crippen LogP contribution is -2.19. The van der Waals surface area contributed by atoms with Crippen molar-refractivity contribution in [3.63, 3.8) is 0 Å². The minimum absolute atomic E-state index is 0.442. The smallest absolute Gasteiger partial charge is 0.146 e. The minimum atomic E-state index is 0.442. The summed E-state index contributed by atoms with van der Waals surface area (Å²) in [7, 11) is 0. The molecule has 3 aromatic rings. The van der Waals surface area contributed by atoms with E-state index in [4.69, 9.17) is 4.74 Å². The fourth-order valence-electron chi connectivity index (χ4n) is 2.84. The molecule has 0 aliphatic carbocycles. The molecule has 4 nitrogen and oxygen atoms in total. The molecule has 1 aliphatic heterocycles. The molecule has 5 heteroatoms. The van der Waals surface area contributed by atoms with Crippen LogP contribution in [0.25, 0.3) is 6.08 Å². The zero-order valence-electron chi connectivity index (χ0n) is 13.7. The number of imidazole rings is 1. The Bertz CT molecular complexity index is 872. The molecule has 0 spiro atoms. The lowest BCUT2D eigenvalue weighted by Gasteiger charge is -2.23. The summed E-state index contributed by atoms with van der Waals surface area (Å²) in [4.78, 5) is 10.3. The van der Waals surface area contributed by atoms with Crippen molar-refractivity contribution < 1.29 is 4.74 Å². The molecular weight excluding hydrogens is 378 g/mol. The Kier molecular flexibility index (Phi) is 4.57. The molecule has 1 aromatic heterocycles. The Labute approximate surface area is 155 Å². The number of benzene rings is 2. The lowest BCUT2D eigenvalue weighted by atomic mass is 10.2. The number of halogens is 1. The van der Waals surface area contributed by atoms with E-state index < -0.39 is 0 Å². The van der Waals surface area contributed by atoms with Crippen LogP contribution in [0.2, 0.25) is 0 Å². The quantitative estimate of drug-likeness (QED) is 0.678. The average Bonchev–Trinajstić information content (AvgIpc) is 3.05. The van der Waals surface area contributed by atoms with E-state index >= 15 is 0 Å². The van der Waals surface area contributed by atoms with E-state index in [0.29, 0.717) is 6.61 Å². The van der Waals surface area contributed by atoms with Crippen LogP contribution in [0.1, 0.15) is 22.8 Å². The number of aromatic amines is 1. The molecule has 0 atom stereocenters. The molecule has 0 bridgehead atoms. The monoisotopic (exact) mass is 395 g/mol. The maximum absolute atomic E-state index is 5.77. The Balaban J connectivity index is 1.39. The molecule has 0 saturated carbocycles. The number of H-pyrrole nitrogens is 1. The number of nitrogens with one attached hydrogen (secondary N) is 1. The molecule has 0 amide bonds. The maximum atomic E-state index is 5.77. The van der Waals surface area contributed by atoms with Gasteiger partial charge in [0.05, 0.1) is 17.9 Å². The van der Waals surface area contributed by atoms with Gasteiger partial charge in [0.2, 0.25) is 0 Å². The van der Waals surface area contributed by atoms with E-state index in [1.165, 1.54) is 5.56 Å². The maximum Gasteiger partial charge on any atom is 0.146 e. The Morgan fingerprint density at radius 1 is 1.08 bits per heavy atom. The van der Waals surface area contributed by atoms with Gasteiger partial charge in [-0.05, 0) is 35.9 Å². The average molecular weight is 396 g/mol. The summed E-state index contributed by atoms with van der Waals surface area (Å²) in [5.74, 6) is 1.70. The first-order valence-electron chi connectivity index (χ1n) is 8.18. The molecule has 0 fully saturated rings. The first-order chi connectivity index (χ1) is 12.3. The molecule has 25 heavy (non-hydrogen) atoms. The second-order valence-electron chi connectivity index (χ2n) is 6.00. The molecule has 0 saturated heterocycles. The van der Waals surface area contributed by atoms with Crippen LogP contribution in [-0.4, -0.2) is 14.9 Å². The number of rotatable bonds is 5. The van der Waals surface area contributed by atoms with Gasteiger partial charge in [-0.3, -0.25) is 0 Å². The number of hydrogen-bond acceptors (Lipinski definition) is 3. The van der Waals surface area contributed by atoms with Gasteiger partial charge in [-0.2, -0.15) is 0 Å². The summed E-state index contributed by atoms with van der Waals surface area (Å²) in [5.41, 5.74) is 3.41. The molecule has 1 aliphatic rings. The minimum Gasteiger partial charge on any atom is -0.486 e. The van der Waals surface area contributed by atoms with Crippen molar-refractivity contribution in [2.75, 3.05) is 0 Å². The van der Waals surface area contributed by atoms with Gasteiger partial charge in [-0.1, -0.05) is 46.3 Å². The summed E-state index contributed by atoms with van der Waals surface area (Å²) in [5, 5.41) is 0. The van der Waals surface area contributed by atoms with E-state index in [-0.39, 0.29) is 0 Å². The first kappa shape index (κ1) is 16.0. The molecule has 0 radical (unpaired) electrons. The van der Waals surface area contributed by atoms with Gasteiger partial charge < -0.3 is 14.6 Å². The number of fused-ring (bicyclic) bond motifs is 1. The normalized spacial score (nSPS) is 12.9. The molecular formula is C20H18BrN3O. The highest BCUT2D eigenvalue weighted by Gasteiger charge is 2.15. The molecule has 2 heterocycles. The van der Waals surface area contributed by atoms with Gasteiger partial charge in [0.25, 0.3) is 0 Å². The number of ether oxygens (including phenoxy) is 1. The van der Waals surface area contributed by atoms with Crippen LogP contribution in [0.5, 0.6) is 5.75 Å². The summed E-state index contributed by atoms with van der Waals surface area (Å²) < 4.78 is 6.87. The highest BCUT2D eigenvalue weighted by Crippen LogP contribution is 2.21. The second-order valence-corrected chi connectivity index (χ2v) is 6.91. The summed E-state index contributed by atoms with van der Waals surface area (Å²) >= 11 is 3.47. The lowest BCUT2D eigenvalue weighted by molar-refractivity contribution is 0.296. The largest absolute Gasteiger partial charge is 0.486 e. The zero-order valence-corrected chi connectivity index (χ0v) is 15.2. The standard InChI is InChI=1S/C20H18BrN3O/c21-16-8-6-15(7-9-16)12-24-11-10-18-19(13-24)23-20(22-18)14-25-17-4-2-1-3-5-17/h1-11H,12-14H2,(H,22,23). The third-order valence-electron chi connectivity index (χ3n) is 4.08. The Morgan fingerprint density at radius 3 is 2.68 bits per heavy atom. The highest BCUT2D eigenvalue weighted by molar-refractivity contribution is 9.10. The van der Waals surface area contributed by atoms with Crippen LogP contribution < -0.4 is 4.74 Å². The van der Waals surface area contributed by atoms with Crippen LogP contribution in [-0.2, 0) is 19.7 Å². The van der Waals surface area contributed by atoms with Crippen LogP contribution in [0, 0.1) is 0 Å².